The lowest BCUT2D eigenvalue weighted by Crippen LogP contribution is -2.34. The minimum absolute atomic E-state index is 0.0387. The zero-order valence-corrected chi connectivity index (χ0v) is 11.6. The first-order chi connectivity index (χ1) is 9.37. The Hall–Kier alpha value is -1.57. The van der Waals surface area contributed by atoms with Gasteiger partial charge in [0.05, 0.1) is 25.0 Å². The minimum Gasteiger partial charge on any atom is -0.371 e. The lowest BCUT2D eigenvalue weighted by molar-refractivity contribution is -0.124. The second-order valence-electron chi connectivity index (χ2n) is 4.24. The highest BCUT2D eigenvalue weighted by Gasteiger charge is 2.25. The smallest absolute Gasteiger partial charge is 0.371 e. The first-order valence-electron chi connectivity index (χ1n) is 6.47. The number of alkyl halides is 3. The predicted octanol–water partition coefficient (Wildman–Crippen LogP) is 1.24. The van der Waals surface area contributed by atoms with Crippen LogP contribution >= 0.6 is 0 Å². The molecule has 0 bridgehead atoms. The van der Waals surface area contributed by atoms with Gasteiger partial charge >= 0.3 is 6.18 Å². The molecule has 8 heteroatoms. The largest absolute Gasteiger partial charge is 0.401 e. The van der Waals surface area contributed by atoms with Crippen molar-refractivity contribution in [2.45, 2.75) is 26.6 Å². The lowest BCUT2D eigenvalue weighted by Gasteiger charge is -2.20. The molecule has 5 nitrogen and oxygen atoms in total. The summed E-state index contributed by atoms with van der Waals surface area (Å²) in [7, 11) is 0. The van der Waals surface area contributed by atoms with Gasteiger partial charge in [0.15, 0.2) is 0 Å². The number of hydrogen-bond acceptors (Lipinski definition) is 4. The van der Waals surface area contributed by atoms with E-state index in [9.17, 15) is 18.0 Å². The molecular formula is C12H19F3N4O. The number of hydrogen-bond donors (Lipinski definition) is 1. The van der Waals surface area contributed by atoms with Crippen LogP contribution in [0.1, 0.15) is 13.8 Å². The third-order valence-corrected chi connectivity index (χ3v) is 2.81. The first kappa shape index (κ1) is 16.5. The fraction of sp³-hybridized carbons (Fsp3) is 0.667. The molecule has 0 spiro atoms. The molecule has 0 aliphatic carbocycles. The molecular weight excluding hydrogens is 273 g/mol. The van der Waals surface area contributed by atoms with Crippen molar-refractivity contribution >= 4 is 5.69 Å². The Labute approximate surface area is 115 Å². The maximum atomic E-state index is 11.9. The summed E-state index contributed by atoms with van der Waals surface area (Å²) in [5, 5.41) is 6.20. The van der Waals surface area contributed by atoms with Crippen molar-refractivity contribution in [2.24, 2.45) is 0 Å². The van der Waals surface area contributed by atoms with Crippen LogP contribution in [0, 0.1) is 0 Å². The number of nitrogens with one attached hydrogen (secondary N) is 1. The van der Waals surface area contributed by atoms with E-state index in [1.54, 1.807) is 6.20 Å². The van der Waals surface area contributed by atoms with Crippen LogP contribution in [0.15, 0.2) is 17.1 Å². The van der Waals surface area contributed by atoms with Crippen LogP contribution in [0.2, 0.25) is 0 Å². The Kier molecular flexibility index (Phi) is 6.00. The topological polar surface area (TPSA) is 50.2 Å². The summed E-state index contributed by atoms with van der Waals surface area (Å²) >= 11 is 0. The number of anilines is 1. The highest BCUT2D eigenvalue weighted by atomic mass is 19.4. The highest BCUT2D eigenvalue weighted by molar-refractivity contribution is 5.42. The third kappa shape index (κ3) is 5.20. The Bertz CT molecular complexity index is 469. The van der Waals surface area contributed by atoms with Gasteiger partial charge in [-0.1, -0.05) is 0 Å². The molecule has 0 aliphatic rings. The molecule has 20 heavy (non-hydrogen) atoms. The summed E-state index contributed by atoms with van der Waals surface area (Å²) in [4.78, 5) is 13.8. The quantitative estimate of drug-likeness (QED) is 0.768. The molecule has 0 fully saturated rings. The molecule has 114 valence electrons. The SMILES string of the molecule is CCN(CC)c1cnn(CCNCC(F)(F)F)c(=O)c1. The fourth-order valence-electron chi connectivity index (χ4n) is 1.77. The van der Waals surface area contributed by atoms with Crippen molar-refractivity contribution in [1.29, 1.82) is 0 Å². The van der Waals surface area contributed by atoms with E-state index in [1.165, 1.54) is 6.07 Å². The molecule has 0 aromatic carbocycles. The van der Waals surface area contributed by atoms with E-state index in [0.717, 1.165) is 23.5 Å². The van der Waals surface area contributed by atoms with E-state index in [4.69, 9.17) is 0 Å². The molecule has 0 saturated carbocycles. The minimum atomic E-state index is -4.25. The Morgan fingerprint density at radius 3 is 2.50 bits per heavy atom. The van der Waals surface area contributed by atoms with Crippen molar-refractivity contribution in [3.63, 3.8) is 0 Å². The van der Waals surface area contributed by atoms with E-state index in [1.807, 2.05) is 18.7 Å². The summed E-state index contributed by atoms with van der Waals surface area (Å²) in [6, 6.07) is 1.45. The molecule has 1 heterocycles. The number of aromatic nitrogens is 2. The number of nitrogens with zero attached hydrogens (tertiary/aromatic N) is 3. The van der Waals surface area contributed by atoms with Gasteiger partial charge in [0, 0.05) is 25.7 Å². The zero-order chi connectivity index (χ0) is 15.2. The van der Waals surface area contributed by atoms with Gasteiger partial charge in [-0.3, -0.25) is 4.79 Å². The van der Waals surface area contributed by atoms with Gasteiger partial charge in [-0.2, -0.15) is 18.3 Å². The van der Waals surface area contributed by atoms with Crippen molar-refractivity contribution in [3.05, 3.63) is 22.6 Å². The van der Waals surface area contributed by atoms with Gasteiger partial charge in [-0.25, -0.2) is 4.68 Å². The Balaban J connectivity index is 2.58. The Morgan fingerprint density at radius 2 is 2.00 bits per heavy atom. The van der Waals surface area contributed by atoms with Crippen LogP contribution in [0.4, 0.5) is 18.9 Å². The van der Waals surface area contributed by atoms with Crippen molar-refractivity contribution < 1.29 is 13.2 Å². The summed E-state index contributed by atoms with van der Waals surface area (Å²) < 4.78 is 36.9. The van der Waals surface area contributed by atoms with Crippen LogP contribution in [0.25, 0.3) is 0 Å². The normalized spacial score (nSPS) is 11.7. The molecule has 0 radical (unpaired) electrons. The summed E-state index contributed by atoms with van der Waals surface area (Å²) in [5.74, 6) is 0. The van der Waals surface area contributed by atoms with Gasteiger partial charge in [-0.15, -0.1) is 0 Å². The van der Waals surface area contributed by atoms with E-state index in [-0.39, 0.29) is 18.6 Å². The third-order valence-electron chi connectivity index (χ3n) is 2.81. The molecule has 1 aromatic rings. The van der Waals surface area contributed by atoms with E-state index in [2.05, 4.69) is 10.4 Å². The molecule has 0 aliphatic heterocycles. The molecule has 1 aromatic heterocycles. The highest BCUT2D eigenvalue weighted by Crippen LogP contribution is 2.12. The van der Waals surface area contributed by atoms with Gasteiger partial charge < -0.3 is 10.2 Å². The number of halogens is 3. The summed E-state index contributed by atoms with van der Waals surface area (Å²) in [6.07, 6.45) is -2.69. The summed E-state index contributed by atoms with van der Waals surface area (Å²) in [6.45, 7) is 4.53. The van der Waals surface area contributed by atoms with Crippen LogP contribution in [0.5, 0.6) is 0 Å². The predicted molar refractivity (Wildman–Crippen MR) is 71.0 cm³/mol. The average molecular weight is 292 g/mol. The zero-order valence-electron chi connectivity index (χ0n) is 11.6. The van der Waals surface area contributed by atoms with E-state index in [0.29, 0.717) is 0 Å². The van der Waals surface area contributed by atoms with Crippen LogP contribution in [-0.2, 0) is 6.54 Å². The Morgan fingerprint density at radius 1 is 1.35 bits per heavy atom. The molecule has 1 rings (SSSR count). The van der Waals surface area contributed by atoms with Gasteiger partial charge in [0.1, 0.15) is 0 Å². The van der Waals surface area contributed by atoms with Gasteiger partial charge in [-0.05, 0) is 13.8 Å². The second-order valence-corrected chi connectivity index (χ2v) is 4.24. The van der Waals surface area contributed by atoms with Crippen LogP contribution < -0.4 is 15.8 Å². The van der Waals surface area contributed by atoms with Crippen molar-refractivity contribution in [1.82, 2.24) is 15.1 Å². The van der Waals surface area contributed by atoms with Crippen LogP contribution in [0.3, 0.4) is 0 Å². The summed E-state index contributed by atoms with van der Waals surface area (Å²) in [5.41, 5.74) is 0.405. The maximum absolute atomic E-state index is 11.9. The second kappa shape index (κ2) is 7.28. The van der Waals surface area contributed by atoms with Gasteiger partial charge in [0.2, 0.25) is 0 Å². The molecule has 1 N–H and O–H groups in total. The first-order valence-corrected chi connectivity index (χ1v) is 6.47. The van der Waals surface area contributed by atoms with E-state index >= 15 is 0 Å². The fourth-order valence-corrected chi connectivity index (χ4v) is 1.77. The lowest BCUT2D eigenvalue weighted by atomic mass is 10.4. The monoisotopic (exact) mass is 292 g/mol. The molecule has 0 unspecified atom stereocenters. The average Bonchev–Trinajstić information content (AvgIpc) is 2.37. The number of rotatable bonds is 7. The van der Waals surface area contributed by atoms with Gasteiger partial charge in [0.25, 0.3) is 5.56 Å². The maximum Gasteiger partial charge on any atom is 0.401 e. The van der Waals surface area contributed by atoms with Crippen molar-refractivity contribution in [3.8, 4) is 0 Å². The van der Waals surface area contributed by atoms with Crippen LogP contribution in [-0.4, -0.2) is 42.1 Å². The molecule has 0 saturated heterocycles. The molecule has 0 amide bonds. The molecule has 0 atom stereocenters. The van der Waals surface area contributed by atoms with E-state index < -0.39 is 12.7 Å². The standard InChI is InChI=1S/C12H19F3N4O/c1-3-18(4-2)10-7-11(20)19(17-8-10)6-5-16-9-12(13,14)15/h7-8,16H,3-6,9H2,1-2H3. The van der Waals surface area contributed by atoms with Crippen molar-refractivity contribution in [2.75, 3.05) is 31.1 Å².